The summed E-state index contributed by atoms with van der Waals surface area (Å²) in [4.78, 5) is 1.36. The van der Waals surface area contributed by atoms with Crippen molar-refractivity contribution in [1.29, 1.82) is 0 Å². The van der Waals surface area contributed by atoms with E-state index >= 15 is 0 Å². The highest BCUT2D eigenvalue weighted by Crippen LogP contribution is 2.21. The van der Waals surface area contributed by atoms with Crippen molar-refractivity contribution in [3.63, 3.8) is 0 Å². The third-order valence-electron chi connectivity index (χ3n) is 2.82. The highest BCUT2D eigenvalue weighted by atomic mass is 32.2. The van der Waals surface area contributed by atoms with Gasteiger partial charge >= 0.3 is 0 Å². The lowest BCUT2D eigenvalue weighted by atomic mass is 10.1. The van der Waals surface area contributed by atoms with Crippen LogP contribution < -0.4 is 4.72 Å². The zero-order valence-electron chi connectivity index (χ0n) is 19.2. The Morgan fingerprint density at radius 2 is 2.45 bits per heavy atom. The molecule has 0 saturated carbocycles. The van der Waals surface area contributed by atoms with Gasteiger partial charge in [0, 0.05) is 30.4 Å². The second-order valence-corrected chi connectivity index (χ2v) is 6.17. The number of benzene rings is 1. The molecule has 2 N–H and O–H groups in total. The molecule has 0 bridgehead atoms. The van der Waals surface area contributed by atoms with Gasteiger partial charge in [0.05, 0.1) is 7.12 Å². The van der Waals surface area contributed by atoms with Crippen LogP contribution in [0.25, 0.3) is 10.9 Å². The summed E-state index contributed by atoms with van der Waals surface area (Å²) in [5.74, 6) is -0.471. The van der Waals surface area contributed by atoms with Crippen molar-refractivity contribution in [2.45, 2.75) is 12.2 Å². The Bertz CT molecular complexity index is 985. The first-order valence-corrected chi connectivity index (χ1v) is 7.50. The van der Waals surface area contributed by atoms with Crippen molar-refractivity contribution in [3.05, 3.63) is 35.5 Å². The van der Waals surface area contributed by atoms with E-state index in [0.29, 0.717) is 20.6 Å². The number of likely N-dealkylation sites (N-methyl/N-ethyl adjacent to an activating group) is 1. The van der Waals surface area contributed by atoms with Crippen LogP contribution in [0.1, 0.15) is 19.4 Å². The first-order valence-electron chi connectivity index (χ1n) is 9.79. The molecule has 2 aromatic rings. The van der Waals surface area contributed by atoms with E-state index in [0.717, 1.165) is 19.1 Å². The lowest BCUT2D eigenvalue weighted by Crippen LogP contribution is -2.20. The van der Waals surface area contributed by atoms with E-state index in [9.17, 15) is 8.42 Å². The smallest absolute Gasteiger partial charge is 0.215 e. The second-order valence-electron chi connectivity index (χ2n) is 4.36. The minimum atomic E-state index is -3.86. The summed E-state index contributed by atoms with van der Waals surface area (Å²) in [6.07, 6.45) is -0.784. The number of sulfonamides is 1. The quantitative estimate of drug-likeness (QED) is 0.846. The average Bonchev–Trinajstić information content (AvgIpc) is 2.77. The molecule has 20 heavy (non-hydrogen) atoms. The highest BCUT2D eigenvalue weighted by molar-refractivity contribution is 7.88. The maximum Gasteiger partial charge on any atom is 0.215 e. The van der Waals surface area contributed by atoms with Crippen molar-refractivity contribution in [1.82, 2.24) is 14.6 Å². The van der Waals surface area contributed by atoms with Crippen molar-refractivity contribution < 1.29 is 19.5 Å². The molecule has 0 aliphatic heterocycles. The maximum atomic E-state index is 12.0. The minimum absolute atomic E-state index is 0.101. The molecule has 2 rings (SSSR count). The Morgan fingerprint density at radius 3 is 3.15 bits per heavy atom. The van der Waals surface area contributed by atoms with Gasteiger partial charge in [-0.3, -0.25) is 0 Å². The van der Waals surface area contributed by atoms with Crippen LogP contribution in [0.4, 0.5) is 0 Å². The lowest BCUT2D eigenvalue weighted by Gasteiger charge is -2.08. The van der Waals surface area contributed by atoms with Crippen molar-refractivity contribution in [3.8, 4) is 0 Å². The molecule has 0 spiro atoms. The van der Waals surface area contributed by atoms with E-state index in [1.54, 1.807) is 0 Å². The van der Waals surface area contributed by atoms with E-state index in [-0.39, 0.29) is 17.3 Å². The molecule has 0 saturated heterocycles. The molecule has 1 aromatic carbocycles. The maximum absolute atomic E-state index is 12.0. The molecule has 0 radical (unpaired) electrons. The fraction of sp³-hybridized carbons (Fsp3) is 0.429. The first kappa shape index (κ1) is 7.59. The summed E-state index contributed by atoms with van der Waals surface area (Å²) in [5.41, 5.74) is 0.681. The molecule has 6 heteroatoms. The van der Waals surface area contributed by atoms with Gasteiger partial charge in [-0.1, -0.05) is 6.07 Å². The molecule has 0 aliphatic rings. The number of hydrogen-bond acceptors (Lipinski definition) is 3. The van der Waals surface area contributed by atoms with Gasteiger partial charge in [0.15, 0.2) is 1.41 Å². The van der Waals surface area contributed by atoms with Crippen LogP contribution in [-0.4, -0.2) is 45.9 Å². The molecule has 0 unspecified atom stereocenters. The molecule has 0 fully saturated rings. The van der Waals surface area contributed by atoms with Crippen LogP contribution in [0, 0.1) is 0 Å². The topological polar surface area (TPSA) is 65.2 Å². The molecule has 0 atom stereocenters. The predicted molar refractivity (Wildman–Crippen MR) is 82.2 cm³/mol. The molecule has 0 aliphatic carbocycles. The third kappa shape index (κ3) is 3.59. The lowest BCUT2D eigenvalue weighted by molar-refractivity contribution is 0.414. The molecular formula is C14H21N3O2S. The van der Waals surface area contributed by atoms with E-state index in [2.05, 4.69) is 0 Å². The number of hydrogen-bond donors (Lipinski definition) is 2. The number of H-pyrrole nitrogens is 1. The zero-order chi connectivity index (χ0) is 21.7. The number of nitrogens with one attached hydrogen (secondary N) is 2. The van der Waals surface area contributed by atoms with Gasteiger partial charge in [-0.2, -0.15) is 0 Å². The van der Waals surface area contributed by atoms with Gasteiger partial charge in [0.2, 0.25) is 10.0 Å². The summed E-state index contributed by atoms with van der Waals surface area (Å²) >= 11 is 0. The van der Waals surface area contributed by atoms with Crippen LogP contribution in [0.15, 0.2) is 24.4 Å². The molecule has 0 amide bonds. The average molecular weight is 303 g/mol. The SMILES string of the molecule is [2H]c1c(CC([2H])([2H])N(C)C([2H])([2H])[2H])c2cc(CS(=O)(=O)N([2H])C)ccc2n1[2H]. The molecule has 1 heterocycles. The zero-order valence-corrected chi connectivity index (χ0v) is 12.0. The highest BCUT2D eigenvalue weighted by Gasteiger charge is 2.11. The summed E-state index contributed by atoms with van der Waals surface area (Å²) in [6, 6.07) is 4.34. The molecular weight excluding hydrogens is 274 g/mol. The van der Waals surface area contributed by atoms with Gasteiger partial charge in [-0.15, -0.1) is 0 Å². The van der Waals surface area contributed by atoms with Crippen LogP contribution in [-0.2, 0) is 22.2 Å². The van der Waals surface area contributed by atoms with Gasteiger partial charge in [0.25, 0.3) is 0 Å². The fourth-order valence-corrected chi connectivity index (χ4v) is 2.54. The van der Waals surface area contributed by atoms with Crippen LogP contribution >= 0.6 is 0 Å². The van der Waals surface area contributed by atoms with Gasteiger partial charge in [-0.25, -0.2) is 13.1 Å². The number of aryl methyl sites for hydroxylation is 1. The summed E-state index contributed by atoms with van der Waals surface area (Å²) in [5, 5.41) is 0.295. The monoisotopic (exact) mass is 303 g/mol. The Morgan fingerprint density at radius 1 is 1.65 bits per heavy atom. The summed E-state index contributed by atoms with van der Waals surface area (Å²) in [6.45, 7) is -5.03. The summed E-state index contributed by atoms with van der Waals surface area (Å²) < 4.78 is 86.0. The number of aromatic amines is 1. The Kier molecular flexibility index (Phi) is 2.26. The standard InChI is InChI=1S/C14H21N3O2S/c1-15-20(18,19)10-11-4-5-14-13(8-11)12(9-16-14)6-7-17(2)3/h4-5,8-9,15-16H,6-7,10H2,1-3H3/i2D3,7D2,9D/hD2. The Labute approximate surface area is 131 Å². The number of rotatable bonds is 6. The Balaban J connectivity index is 2.54. The van der Waals surface area contributed by atoms with E-state index in [1.165, 1.54) is 18.2 Å². The number of aromatic nitrogens is 1. The summed E-state index contributed by atoms with van der Waals surface area (Å²) in [7, 11) is -1.67. The van der Waals surface area contributed by atoms with E-state index < -0.39 is 35.7 Å². The van der Waals surface area contributed by atoms with Gasteiger partial charge in [0.1, 0.15) is 1.41 Å². The van der Waals surface area contributed by atoms with Crippen LogP contribution in [0.5, 0.6) is 0 Å². The van der Waals surface area contributed by atoms with Gasteiger partial charge in [-0.05, 0) is 50.8 Å². The molecule has 1 aromatic heterocycles. The normalized spacial score (nSPS) is 19.8. The van der Waals surface area contributed by atoms with Crippen LogP contribution in [0.2, 0.25) is 2.82 Å². The third-order valence-corrected chi connectivity index (χ3v) is 4.07. The Hall–Kier alpha value is -1.37. The minimum Gasteiger partial charge on any atom is -0.361 e. The van der Waals surface area contributed by atoms with Crippen molar-refractivity contribution in [2.75, 3.05) is 27.6 Å². The predicted octanol–water partition coefficient (Wildman–Crippen LogP) is 1.32. The van der Waals surface area contributed by atoms with Crippen LogP contribution in [0.3, 0.4) is 0 Å². The first-order chi connectivity index (χ1) is 12.6. The number of fused-ring (bicyclic) bond motifs is 1. The largest absolute Gasteiger partial charge is 0.361 e. The molecule has 110 valence electrons. The number of nitrogens with zero attached hydrogens (tertiary/aromatic N) is 1. The second kappa shape index (κ2) is 5.95. The molecule has 5 nitrogen and oxygen atoms in total. The van der Waals surface area contributed by atoms with Gasteiger partial charge < -0.3 is 9.88 Å². The van der Waals surface area contributed by atoms with E-state index in [1.807, 2.05) is 0 Å². The van der Waals surface area contributed by atoms with Crippen molar-refractivity contribution in [2.24, 2.45) is 0 Å². The van der Waals surface area contributed by atoms with E-state index in [4.69, 9.17) is 11.0 Å². The fourth-order valence-electron chi connectivity index (χ4n) is 1.81. The van der Waals surface area contributed by atoms with Crippen molar-refractivity contribution >= 4 is 20.9 Å².